The Hall–Kier alpha value is -1.36. The van der Waals surface area contributed by atoms with Gasteiger partial charge in [-0.3, -0.25) is 0 Å². The molecule has 0 spiro atoms. The van der Waals surface area contributed by atoms with Crippen molar-refractivity contribution in [2.75, 3.05) is 31.1 Å². The predicted octanol–water partition coefficient (Wildman–Crippen LogP) is 1.84. The van der Waals surface area contributed by atoms with E-state index in [1.807, 2.05) is 19.2 Å². The first-order valence-electron chi connectivity index (χ1n) is 7.80. The van der Waals surface area contributed by atoms with Crippen LogP contribution >= 0.6 is 0 Å². The van der Waals surface area contributed by atoms with Crippen molar-refractivity contribution in [2.45, 2.75) is 38.6 Å². The van der Waals surface area contributed by atoms with Gasteiger partial charge in [-0.05, 0) is 51.6 Å². The first-order valence-corrected chi connectivity index (χ1v) is 7.80. The normalized spacial score (nSPS) is 22.6. The number of nitrogens with one attached hydrogen (secondary N) is 1. The SMILES string of the molecule is CCOc1ccnc(N(CC2CCCNC2)C2CC2)n1. The average molecular weight is 276 g/mol. The predicted molar refractivity (Wildman–Crippen MR) is 79.2 cm³/mol. The largest absolute Gasteiger partial charge is 0.478 e. The zero-order chi connectivity index (χ0) is 13.8. The quantitative estimate of drug-likeness (QED) is 0.859. The summed E-state index contributed by atoms with van der Waals surface area (Å²) in [4.78, 5) is 11.4. The van der Waals surface area contributed by atoms with Crippen LogP contribution in [0.4, 0.5) is 5.95 Å². The van der Waals surface area contributed by atoms with E-state index in [-0.39, 0.29) is 0 Å². The molecule has 2 fully saturated rings. The number of rotatable bonds is 6. The third-order valence-electron chi connectivity index (χ3n) is 4.01. The number of hydrogen-bond acceptors (Lipinski definition) is 5. The molecule has 0 aromatic carbocycles. The maximum atomic E-state index is 5.50. The topological polar surface area (TPSA) is 50.3 Å². The van der Waals surface area contributed by atoms with Crippen LogP contribution in [0.3, 0.4) is 0 Å². The molecule has 5 nitrogen and oxygen atoms in total. The lowest BCUT2D eigenvalue weighted by atomic mass is 9.99. The van der Waals surface area contributed by atoms with E-state index < -0.39 is 0 Å². The van der Waals surface area contributed by atoms with Crippen molar-refractivity contribution >= 4 is 5.95 Å². The summed E-state index contributed by atoms with van der Waals surface area (Å²) in [6, 6.07) is 2.47. The highest BCUT2D eigenvalue weighted by Crippen LogP contribution is 2.31. The fraction of sp³-hybridized carbons (Fsp3) is 0.733. The van der Waals surface area contributed by atoms with Gasteiger partial charge in [0.25, 0.3) is 0 Å². The second-order valence-corrected chi connectivity index (χ2v) is 5.72. The van der Waals surface area contributed by atoms with Gasteiger partial charge in [0.15, 0.2) is 0 Å². The van der Waals surface area contributed by atoms with Crippen LogP contribution in [0.1, 0.15) is 32.6 Å². The van der Waals surface area contributed by atoms with E-state index in [0.717, 1.165) is 25.6 Å². The summed E-state index contributed by atoms with van der Waals surface area (Å²) in [5.41, 5.74) is 0. The summed E-state index contributed by atoms with van der Waals surface area (Å²) in [6.07, 6.45) is 6.93. The Balaban J connectivity index is 1.70. The highest BCUT2D eigenvalue weighted by molar-refractivity contribution is 5.36. The molecule has 0 bridgehead atoms. The summed E-state index contributed by atoms with van der Waals surface area (Å²) in [5.74, 6) is 2.23. The van der Waals surface area contributed by atoms with Crippen LogP contribution in [0.15, 0.2) is 12.3 Å². The van der Waals surface area contributed by atoms with Crippen LogP contribution in [0.25, 0.3) is 0 Å². The molecular formula is C15H24N4O. The van der Waals surface area contributed by atoms with Gasteiger partial charge in [0.05, 0.1) is 6.61 Å². The molecule has 1 N–H and O–H groups in total. The first kappa shape index (κ1) is 13.6. The van der Waals surface area contributed by atoms with Crippen LogP contribution in [-0.4, -0.2) is 42.3 Å². The van der Waals surface area contributed by atoms with Crippen LogP contribution in [-0.2, 0) is 0 Å². The van der Waals surface area contributed by atoms with E-state index in [1.54, 1.807) is 0 Å². The van der Waals surface area contributed by atoms with Crippen molar-refractivity contribution in [3.8, 4) is 5.88 Å². The summed E-state index contributed by atoms with van der Waals surface area (Å²) < 4.78 is 5.50. The van der Waals surface area contributed by atoms with Crippen molar-refractivity contribution in [2.24, 2.45) is 5.92 Å². The van der Waals surface area contributed by atoms with Crippen molar-refractivity contribution < 1.29 is 4.74 Å². The maximum Gasteiger partial charge on any atom is 0.228 e. The van der Waals surface area contributed by atoms with Crippen molar-refractivity contribution in [3.05, 3.63) is 12.3 Å². The monoisotopic (exact) mass is 276 g/mol. The standard InChI is InChI=1S/C15H24N4O/c1-2-20-14-7-9-17-15(18-14)19(13-5-6-13)11-12-4-3-8-16-10-12/h7,9,12-13,16H,2-6,8,10-11H2,1H3. The molecule has 1 atom stereocenters. The van der Waals surface area contributed by atoms with E-state index in [0.29, 0.717) is 24.4 Å². The number of hydrogen-bond donors (Lipinski definition) is 1. The van der Waals surface area contributed by atoms with Crippen LogP contribution in [0.2, 0.25) is 0 Å². The molecule has 1 saturated carbocycles. The van der Waals surface area contributed by atoms with Crippen molar-refractivity contribution in [1.82, 2.24) is 15.3 Å². The third-order valence-corrected chi connectivity index (χ3v) is 4.01. The van der Waals surface area contributed by atoms with Crippen molar-refractivity contribution in [3.63, 3.8) is 0 Å². The lowest BCUT2D eigenvalue weighted by Gasteiger charge is -2.30. The Kier molecular flexibility index (Phi) is 4.35. The van der Waals surface area contributed by atoms with Crippen molar-refractivity contribution in [1.29, 1.82) is 0 Å². The minimum Gasteiger partial charge on any atom is -0.478 e. The summed E-state index contributed by atoms with van der Waals surface area (Å²) in [7, 11) is 0. The van der Waals surface area contributed by atoms with Crippen LogP contribution in [0, 0.1) is 5.92 Å². The fourth-order valence-corrected chi connectivity index (χ4v) is 2.84. The molecule has 2 heterocycles. The lowest BCUT2D eigenvalue weighted by Crippen LogP contribution is -2.40. The van der Waals surface area contributed by atoms with Gasteiger partial charge in [-0.15, -0.1) is 0 Å². The second kappa shape index (κ2) is 6.39. The molecule has 0 radical (unpaired) electrons. The molecule has 1 unspecified atom stereocenters. The van der Waals surface area contributed by atoms with E-state index in [1.165, 1.54) is 25.7 Å². The average Bonchev–Trinajstić information content (AvgIpc) is 3.31. The zero-order valence-electron chi connectivity index (χ0n) is 12.2. The molecule has 1 aromatic rings. The molecule has 1 aliphatic heterocycles. The van der Waals surface area contributed by atoms with Gasteiger partial charge in [-0.1, -0.05) is 0 Å². The molecule has 3 rings (SSSR count). The Bertz CT molecular complexity index is 430. The number of aromatic nitrogens is 2. The number of anilines is 1. The Labute approximate surface area is 120 Å². The molecule has 1 saturated heterocycles. The van der Waals surface area contributed by atoms with E-state index in [4.69, 9.17) is 4.74 Å². The number of nitrogens with zero attached hydrogens (tertiary/aromatic N) is 3. The Morgan fingerprint density at radius 1 is 1.40 bits per heavy atom. The summed E-state index contributed by atoms with van der Waals surface area (Å²) >= 11 is 0. The number of ether oxygens (including phenoxy) is 1. The summed E-state index contributed by atoms with van der Waals surface area (Å²) in [6.45, 7) is 5.97. The number of piperidine rings is 1. The van der Waals surface area contributed by atoms with E-state index in [9.17, 15) is 0 Å². The maximum absolute atomic E-state index is 5.50. The fourth-order valence-electron chi connectivity index (χ4n) is 2.84. The lowest BCUT2D eigenvalue weighted by molar-refractivity contribution is 0.325. The smallest absolute Gasteiger partial charge is 0.228 e. The second-order valence-electron chi connectivity index (χ2n) is 5.72. The summed E-state index contributed by atoms with van der Waals surface area (Å²) in [5, 5.41) is 3.49. The first-order chi connectivity index (χ1) is 9.86. The van der Waals surface area contributed by atoms with E-state index in [2.05, 4.69) is 20.2 Å². The molecular weight excluding hydrogens is 252 g/mol. The Morgan fingerprint density at radius 2 is 2.30 bits per heavy atom. The highest BCUT2D eigenvalue weighted by Gasteiger charge is 2.32. The van der Waals surface area contributed by atoms with Crippen LogP contribution < -0.4 is 15.0 Å². The van der Waals surface area contributed by atoms with Gasteiger partial charge >= 0.3 is 0 Å². The molecule has 110 valence electrons. The molecule has 1 aliphatic carbocycles. The third kappa shape index (κ3) is 3.39. The zero-order valence-corrected chi connectivity index (χ0v) is 12.2. The molecule has 2 aliphatic rings. The van der Waals surface area contributed by atoms with Gasteiger partial charge in [-0.2, -0.15) is 4.98 Å². The Morgan fingerprint density at radius 3 is 3.00 bits per heavy atom. The van der Waals surface area contributed by atoms with Crippen LogP contribution in [0.5, 0.6) is 5.88 Å². The van der Waals surface area contributed by atoms with Gasteiger partial charge < -0.3 is 15.0 Å². The molecule has 5 heteroatoms. The minimum atomic E-state index is 0.633. The molecule has 20 heavy (non-hydrogen) atoms. The van der Waals surface area contributed by atoms with Gasteiger partial charge in [0.1, 0.15) is 0 Å². The van der Waals surface area contributed by atoms with Gasteiger partial charge in [0.2, 0.25) is 11.8 Å². The van der Waals surface area contributed by atoms with E-state index >= 15 is 0 Å². The van der Waals surface area contributed by atoms with Gasteiger partial charge in [-0.25, -0.2) is 4.98 Å². The minimum absolute atomic E-state index is 0.633. The molecule has 0 amide bonds. The molecule has 1 aromatic heterocycles. The van der Waals surface area contributed by atoms with Gasteiger partial charge in [0, 0.05) is 24.8 Å². The highest BCUT2D eigenvalue weighted by atomic mass is 16.5.